The number of nitrogens with zero attached hydrogens (tertiary/aromatic N) is 1. The number of aryl methyl sites for hydroxylation is 1. The SMILES string of the molecule is COc1ccc(CCC(=O)OCC(=O)Nc2cccc(C#N)c2)cc1OC. The summed E-state index contributed by atoms with van der Waals surface area (Å²) in [7, 11) is 3.09. The number of amides is 1. The Kier molecular flexibility index (Phi) is 7.20. The molecule has 0 unspecified atom stereocenters. The Balaban J connectivity index is 1.79. The van der Waals surface area contributed by atoms with Gasteiger partial charge in [-0.25, -0.2) is 0 Å². The second kappa shape index (κ2) is 9.82. The summed E-state index contributed by atoms with van der Waals surface area (Å²) in [6.45, 7) is -0.387. The van der Waals surface area contributed by atoms with Gasteiger partial charge in [0.15, 0.2) is 18.1 Å². The van der Waals surface area contributed by atoms with Crippen molar-refractivity contribution < 1.29 is 23.8 Å². The van der Waals surface area contributed by atoms with E-state index in [1.54, 1.807) is 44.6 Å². The topological polar surface area (TPSA) is 97.6 Å². The fourth-order valence-electron chi connectivity index (χ4n) is 2.36. The highest BCUT2D eigenvalue weighted by molar-refractivity contribution is 5.92. The van der Waals surface area contributed by atoms with Crippen LogP contribution >= 0.6 is 0 Å². The number of ether oxygens (including phenoxy) is 3. The van der Waals surface area contributed by atoms with Crippen LogP contribution in [0.1, 0.15) is 17.5 Å². The van der Waals surface area contributed by atoms with Crippen LogP contribution < -0.4 is 14.8 Å². The third-order valence-corrected chi connectivity index (χ3v) is 3.71. The predicted octanol–water partition coefficient (Wildman–Crippen LogP) is 2.69. The number of benzene rings is 2. The monoisotopic (exact) mass is 368 g/mol. The molecule has 0 aliphatic carbocycles. The van der Waals surface area contributed by atoms with Crippen molar-refractivity contribution >= 4 is 17.6 Å². The largest absolute Gasteiger partial charge is 0.493 e. The van der Waals surface area contributed by atoms with E-state index in [0.717, 1.165) is 5.56 Å². The van der Waals surface area contributed by atoms with Crippen LogP contribution in [0.2, 0.25) is 0 Å². The van der Waals surface area contributed by atoms with E-state index in [4.69, 9.17) is 19.5 Å². The van der Waals surface area contributed by atoms with Gasteiger partial charge in [-0.15, -0.1) is 0 Å². The maximum Gasteiger partial charge on any atom is 0.306 e. The minimum atomic E-state index is -0.481. The number of methoxy groups -OCH3 is 2. The van der Waals surface area contributed by atoms with E-state index >= 15 is 0 Å². The van der Waals surface area contributed by atoms with Gasteiger partial charge in [0.05, 0.1) is 25.9 Å². The van der Waals surface area contributed by atoms with Crippen LogP contribution in [-0.2, 0) is 20.7 Å². The number of esters is 1. The number of hydrogen-bond donors (Lipinski definition) is 1. The third kappa shape index (κ3) is 6.04. The van der Waals surface area contributed by atoms with E-state index in [1.807, 2.05) is 12.1 Å². The lowest BCUT2D eigenvalue weighted by atomic mass is 10.1. The summed E-state index contributed by atoms with van der Waals surface area (Å²) in [5.41, 5.74) is 1.79. The molecule has 0 aliphatic rings. The molecule has 27 heavy (non-hydrogen) atoms. The van der Waals surface area contributed by atoms with Gasteiger partial charge < -0.3 is 19.5 Å². The first-order valence-corrected chi connectivity index (χ1v) is 8.22. The van der Waals surface area contributed by atoms with Crippen molar-refractivity contribution in [3.05, 3.63) is 53.6 Å². The van der Waals surface area contributed by atoms with Crippen molar-refractivity contribution in [1.29, 1.82) is 5.26 Å². The minimum Gasteiger partial charge on any atom is -0.493 e. The first-order valence-electron chi connectivity index (χ1n) is 8.22. The third-order valence-electron chi connectivity index (χ3n) is 3.71. The Morgan fingerprint density at radius 2 is 1.85 bits per heavy atom. The predicted molar refractivity (Wildman–Crippen MR) is 98.6 cm³/mol. The lowest BCUT2D eigenvalue weighted by molar-refractivity contribution is -0.147. The molecule has 0 heterocycles. The number of carbonyl (C=O) groups excluding carboxylic acids is 2. The van der Waals surface area contributed by atoms with E-state index in [-0.39, 0.29) is 13.0 Å². The molecule has 0 atom stereocenters. The zero-order chi connectivity index (χ0) is 19.6. The number of carbonyl (C=O) groups is 2. The first-order chi connectivity index (χ1) is 13.0. The molecule has 140 valence electrons. The zero-order valence-corrected chi connectivity index (χ0v) is 15.2. The number of nitrogens with one attached hydrogen (secondary N) is 1. The van der Waals surface area contributed by atoms with Gasteiger partial charge in [0.25, 0.3) is 5.91 Å². The van der Waals surface area contributed by atoms with Crippen LogP contribution in [0.5, 0.6) is 11.5 Å². The van der Waals surface area contributed by atoms with Gasteiger partial charge in [0.2, 0.25) is 0 Å². The Morgan fingerprint density at radius 3 is 2.56 bits per heavy atom. The molecule has 1 N–H and O–H groups in total. The van der Waals surface area contributed by atoms with Gasteiger partial charge in [0, 0.05) is 12.1 Å². The Hall–Kier alpha value is -3.53. The van der Waals surface area contributed by atoms with Crippen LogP contribution in [0.25, 0.3) is 0 Å². The Bertz CT molecular complexity index is 858. The van der Waals surface area contributed by atoms with E-state index in [0.29, 0.717) is 29.2 Å². The van der Waals surface area contributed by atoms with Gasteiger partial charge >= 0.3 is 5.97 Å². The van der Waals surface area contributed by atoms with Gasteiger partial charge in [-0.05, 0) is 42.3 Å². The highest BCUT2D eigenvalue weighted by atomic mass is 16.5. The van der Waals surface area contributed by atoms with E-state index in [2.05, 4.69) is 5.32 Å². The van der Waals surface area contributed by atoms with Crippen molar-refractivity contribution in [2.24, 2.45) is 0 Å². The molecule has 7 nitrogen and oxygen atoms in total. The van der Waals surface area contributed by atoms with Crippen LogP contribution in [-0.4, -0.2) is 32.7 Å². The van der Waals surface area contributed by atoms with Crippen LogP contribution in [0.4, 0.5) is 5.69 Å². The molecule has 0 saturated carbocycles. The minimum absolute atomic E-state index is 0.132. The molecular weight excluding hydrogens is 348 g/mol. The average Bonchev–Trinajstić information content (AvgIpc) is 2.70. The molecule has 0 aliphatic heterocycles. The number of rotatable bonds is 8. The normalized spacial score (nSPS) is 9.81. The molecule has 0 saturated heterocycles. The number of anilines is 1. The molecule has 7 heteroatoms. The molecule has 0 aromatic heterocycles. The quantitative estimate of drug-likeness (QED) is 0.720. The Morgan fingerprint density at radius 1 is 1.07 bits per heavy atom. The summed E-state index contributed by atoms with van der Waals surface area (Å²) >= 11 is 0. The summed E-state index contributed by atoms with van der Waals surface area (Å²) in [5.74, 6) is 0.249. The molecular formula is C20H20N2O5. The van der Waals surface area contributed by atoms with E-state index in [9.17, 15) is 9.59 Å². The Labute approximate surface area is 157 Å². The summed E-state index contributed by atoms with van der Waals surface area (Å²) < 4.78 is 15.4. The molecule has 2 aromatic carbocycles. The van der Waals surface area contributed by atoms with Gasteiger partial charge in [-0.2, -0.15) is 5.26 Å². The first kappa shape index (κ1) is 19.8. The van der Waals surface area contributed by atoms with Crippen LogP contribution in [0.15, 0.2) is 42.5 Å². The molecule has 2 rings (SSSR count). The molecule has 0 spiro atoms. The lowest BCUT2D eigenvalue weighted by Crippen LogP contribution is -2.21. The number of hydrogen-bond acceptors (Lipinski definition) is 6. The lowest BCUT2D eigenvalue weighted by Gasteiger charge is -2.10. The summed E-state index contributed by atoms with van der Waals surface area (Å²) in [5, 5.41) is 11.4. The fourth-order valence-corrected chi connectivity index (χ4v) is 2.36. The molecule has 0 fully saturated rings. The zero-order valence-electron chi connectivity index (χ0n) is 15.2. The van der Waals surface area contributed by atoms with Crippen molar-refractivity contribution in [3.63, 3.8) is 0 Å². The fraction of sp³-hybridized carbons (Fsp3) is 0.250. The van der Waals surface area contributed by atoms with Crippen LogP contribution in [0, 0.1) is 11.3 Å². The smallest absolute Gasteiger partial charge is 0.306 e. The van der Waals surface area contributed by atoms with Crippen molar-refractivity contribution in [3.8, 4) is 17.6 Å². The molecule has 2 aromatic rings. The van der Waals surface area contributed by atoms with Crippen molar-refractivity contribution in [2.75, 3.05) is 26.1 Å². The van der Waals surface area contributed by atoms with Crippen molar-refractivity contribution in [2.45, 2.75) is 12.8 Å². The van der Waals surface area contributed by atoms with E-state index in [1.165, 1.54) is 6.07 Å². The maximum absolute atomic E-state index is 11.9. The standard InChI is InChI=1S/C20H20N2O5/c1-25-17-8-6-14(11-18(17)26-2)7-9-20(24)27-13-19(23)22-16-5-3-4-15(10-16)12-21/h3-6,8,10-11H,7,9,13H2,1-2H3,(H,22,23). The highest BCUT2D eigenvalue weighted by Crippen LogP contribution is 2.27. The summed E-state index contributed by atoms with van der Waals surface area (Å²) in [6.07, 6.45) is 0.581. The summed E-state index contributed by atoms with van der Waals surface area (Å²) in [6, 6.07) is 13.9. The van der Waals surface area contributed by atoms with Crippen molar-refractivity contribution in [1.82, 2.24) is 0 Å². The van der Waals surface area contributed by atoms with Gasteiger partial charge in [-0.3, -0.25) is 9.59 Å². The molecule has 0 bridgehead atoms. The highest BCUT2D eigenvalue weighted by Gasteiger charge is 2.10. The average molecular weight is 368 g/mol. The maximum atomic E-state index is 11.9. The second-order valence-electron chi connectivity index (χ2n) is 5.59. The molecule has 1 amide bonds. The second-order valence-corrected chi connectivity index (χ2v) is 5.59. The van der Waals surface area contributed by atoms with Crippen LogP contribution in [0.3, 0.4) is 0 Å². The van der Waals surface area contributed by atoms with Gasteiger partial charge in [0.1, 0.15) is 0 Å². The number of nitriles is 1. The summed E-state index contributed by atoms with van der Waals surface area (Å²) in [4.78, 5) is 23.7. The van der Waals surface area contributed by atoms with E-state index < -0.39 is 11.9 Å². The molecule has 0 radical (unpaired) electrons. The van der Waals surface area contributed by atoms with Gasteiger partial charge in [-0.1, -0.05) is 12.1 Å².